The van der Waals surface area contributed by atoms with Gasteiger partial charge in [-0.15, -0.1) is 0 Å². The third-order valence-electron chi connectivity index (χ3n) is 8.99. The maximum absolute atomic E-state index is 14.3. The Morgan fingerprint density at radius 1 is 1.02 bits per heavy atom. The molecule has 0 unspecified atom stereocenters. The van der Waals surface area contributed by atoms with Crippen LogP contribution < -0.4 is 10.1 Å². The Morgan fingerprint density at radius 2 is 1.71 bits per heavy atom. The number of carboxylic acids is 1. The highest BCUT2D eigenvalue weighted by Crippen LogP contribution is 2.49. The quantitative estimate of drug-likeness (QED) is 0.399. The number of aliphatic hydroxyl groups is 1. The monoisotopic (exact) mass is 564 g/mol. The summed E-state index contributed by atoms with van der Waals surface area (Å²) in [4.78, 5) is 29.0. The number of likely N-dealkylation sites (tertiary alicyclic amines) is 1. The largest absolute Gasteiger partial charge is 0.496 e. The normalized spacial score (nSPS) is 27.1. The average molecular weight is 565 g/mol. The first-order valence-electron chi connectivity index (χ1n) is 14.9. The maximum atomic E-state index is 14.3. The van der Waals surface area contributed by atoms with E-state index in [0.29, 0.717) is 25.8 Å². The first kappa shape index (κ1) is 31.0. The Labute approximate surface area is 245 Å². The minimum absolute atomic E-state index is 0.0446. The molecule has 0 bridgehead atoms. The lowest BCUT2D eigenvalue weighted by Crippen LogP contribution is -2.49. The summed E-state index contributed by atoms with van der Waals surface area (Å²) in [6.07, 6.45) is 1.94. The summed E-state index contributed by atoms with van der Waals surface area (Å²) in [5.41, 5.74) is 2.61. The van der Waals surface area contributed by atoms with Crippen molar-refractivity contribution in [1.29, 1.82) is 0 Å². The molecule has 1 amide bonds. The summed E-state index contributed by atoms with van der Waals surface area (Å²) in [7, 11) is 1.66. The number of hydrogen-bond acceptors (Lipinski definition) is 5. The minimum Gasteiger partial charge on any atom is -0.496 e. The number of amides is 1. The van der Waals surface area contributed by atoms with Crippen LogP contribution in [0.4, 0.5) is 0 Å². The third-order valence-corrected chi connectivity index (χ3v) is 8.99. The average Bonchev–Trinajstić information content (AvgIpc) is 3.27. The van der Waals surface area contributed by atoms with E-state index in [9.17, 15) is 19.8 Å². The summed E-state index contributed by atoms with van der Waals surface area (Å²) in [5.74, 6) is -1.16. The van der Waals surface area contributed by atoms with E-state index < -0.39 is 35.5 Å². The molecule has 6 atom stereocenters. The van der Waals surface area contributed by atoms with Crippen LogP contribution >= 0.6 is 0 Å². The van der Waals surface area contributed by atoms with E-state index in [1.165, 1.54) is 5.56 Å². The lowest BCUT2D eigenvalue weighted by atomic mass is 9.72. The van der Waals surface area contributed by atoms with Gasteiger partial charge in [-0.3, -0.25) is 4.79 Å². The molecule has 7 heteroatoms. The van der Waals surface area contributed by atoms with Gasteiger partial charge in [-0.05, 0) is 47.3 Å². The maximum Gasteiger partial charge on any atom is 0.326 e. The Kier molecular flexibility index (Phi) is 9.19. The van der Waals surface area contributed by atoms with Crippen molar-refractivity contribution in [3.63, 3.8) is 0 Å². The molecule has 224 valence electrons. The van der Waals surface area contributed by atoms with Crippen LogP contribution in [0.2, 0.25) is 0 Å². The van der Waals surface area contributed by atoms with E-state index in [-0.39, 0.29) is 23.3 Å². The number of benzene rings is 2. The van der Waals surface area contributed by atoms with Gasteiger partial charge in [0.1, 0.15) is 11.8 Å². The van der Waals surface area contributed by atoms with E-state index in [2.05, 4.69) is 59.0 Å². The minimum atomic E-state index is -1.01. The highest BCUT2D eigenvalue weighted by atomic mass is 16.5. The molecule has 7 nitrogen and oxygen atoms in total. The van der Waals surface area contributed by atoms with Crippen LogP contribution in [0.25, 0.3) is 0 Å². The van der Waals surface area contributed by atoms with Gasteiger partial charge in [-0.1, -0.05) is 90.4 Å². The second kappa shape index (κ2) is 12.1. The number of ether oxygens (including phenoxy) is 1. The topological polar surface area (TPSA) is 99.1 Å². The molecule has 1 aliphatic heterocycles. The number of carbonyl (C=O) groups is 2. The van der Waals surface area contributed by atoms with E-state index in [4.69, 9.17) is 4.74 Å². The number of nitrogens with zero attached hydrogens (tertiary/aromatic N) is 1. The molecule has 41 heavy (non-hydrogen) atoms. The van der Waals surface area contributed by atoms with E-state index in [1.807, 2.05) is 36.4 Å². The number of aliphatic hydroxyl groups excluding tert-OH is 1. The van der Waals surface area contributed by atoms with Gasteiger partial charge >= 0.3 is 5.97 Å². The number of methoxy groups -OCH3 is 1. The van der Waals surface area contributed by atoms with E-state index in [1.54, 1.807) is 12.0 Å². The number of rotatable bonds is 7. The van der Waals surface area contributed by atoms with Crippen molar-refractivity contribution in [2.75, 3.05) is 7.11 Å². The van der Waals surface area contributed by atoms with Crippen molar-refractivity contribution in [3.8, 4) is 5.75 Å². The highest BCUT2D eigenvalue weighted by Gasteiger charge is 2.58. The molecule has 2 fully saturated rings. The molecule has 1 saturated heterocycles. The van der Waals surface area contributed by atoms with Gasteiger partial charge in [0.05, 0.1) is 19.3 Å². The van der Waals surface area contributed by atoms with Crippen LogP contribution in [-0.2, 0) is 21.5 Å². The number of hydrogen-bond donors (Lipinski definition) is 3. The van der Waals surface area contributed by atoms with Gasteiger partial charge in [0, 0.05) is 30.0 Å². The molecule has 1 saturated carbocycles. The summed E-state index contributed by atoms with van der Waals surface area (Å²) in [5, 5.41) is 24.8. The molecule has 3 N–H and O–H groups in total. The van der Waals surface area contributed by atoms with Gasteiger partial charge in [0.15, 0.2) is 0 Å². The molecule has 2 aromatic rings. The van der Waals surface area contributed by atoms with Crippen molar-refractivity contribution in [3.05, 3.63) is 65.2 Å². The predicted octanol–water partition coefficient (Wildman–Crippen LogP) is 5.70. The Balaban J connectivity index is 1.81. The summed E-state index contributed by atoms with van der Waals surface area (Å²) >= 11 is 0. The first-order valence-corrected chi connectivity index (χ1v) is 14.9. The van der Waals surface area contributed by atoms with Crippen LogP contribution in [0.3, 0.4) is 0 Å². The van der Waals surface area contributed by atoms with Gasteiger partial charge in [-0.2, -0.15) is 0 Å². The number of nitrogens with one attached hydrogen (secondary N) is 1. The van der Waals surface area contributed by atoms with Crippen molar-refractivity contribution in [2.24, 2.45) is 17.3 Å². The third kappa shape index (κ3) is 6.62. The highest BCUT2D eigenvalue weighted by molar-refractivity contribution is 5.87. The SMILES string of the molecule is COc1ccc(C(C)(C)C)cc1CN[C@H]1[C@H](C(C)(C)C)[C@@H](C(=O)O)N(C(=O)[C@@H]2CCC[C@H](O)C2)[C@H]1c1ccccc1. The lowest BCUT2D eigenvalue weighted by molar-refractivity contribution is -0.155. The molecule has 1 heterocycles. The predicted molar refractivity (Wildman–Crippen MR) is 161 cm³/mol. The van der Waals surface area contributed by atoms with Crippen LogP contribution in [0, 0.1) is 17.3 Å². The molecule has 1 aliphatic carbocycles. The fraction of sp³-hybridized carbons (Fsp3) is 0.588. The van der Waals surface area contributed by atoms with Gasteiger partial charge in [-0.25, -0.2) is 4.79 Å². The number of carboxylic acid groups (broad SMARTS) is 1. The van der Waals surface area contributed by atoms with Crippen molar-refractivity contribution in [2.45, 2.75) is 103 Å². The van der Waals surface area contributed by atoms with Crippen LogP contribution in [0.1, 0.15) is 90.0 Å². The van der Waals surface area contributed by atoms with Crippen molar-refractivity contribution < 1.29 is 24.5 Å². The van der Waals surface area contributed by atoms with Crippen LogP contribution in [0.15, 0.2) is 48.5 Å². The van der Waals surface area contributed by atoms with Crippen LogP contribution in [0.5, 0.6) is 5.75 Å². The number of carbonyl (C=O) groups excluding carboxylic acids is 1. The van der Waals surface area contributed by atoms with E-state index in [0.717, 1.165) is 23.3 Å². The molecule has 4 rings (SSSR count). The fourth-order valence-corrected chi connectivity index (χ4v) is 6.94. The smallest absolute Gasteiger partial charge is 0.326 e. The molecule has 2 aliphatic rings. The van der Waals surface area contributed by atoms with Gasteiger partial charge < -0.3 is 25.2 Å². The van der Waals surface area contributed by atoms with E-state index >= 15 is 0 Å². The molecule has 2 aromatic carbocycles. The molecule has 0 spiro atoms. The molecular formula is C34H48N2O5. The lowest BCUT2D eigenvalue weighted by Gasteiger charge is -2.36. The summed E-state index contributed by atoms with van der Waals surface area (Å²) in [6, 6.07) is 14.2. The summed E-state index contributed by atoms with van der Waals surface area (Å²) < 4.78 is 5.72. The summed E-state index contributed by atoms with van der Waals surface area (Å²) in [6.45, 7) is 13.2. The van der Waals surface area contributed by atoms with Gasteiger partial charge in [0.2, 0.25) is 5.91 Å². The Morgan fingerprint density at radius 3 is 2.27 bits per heavy atom. The number of aliphatic carboxylic acids is 1. The zero-order valence-electron chi connectivity index (χ0n) is 25.7. The van der Waals surface area contributed by atoms with Crippen molar-refractivity contribution >= 4 is 11.9 Å². The van der Waals surface area contributed by atoms with Gasteiger partial charge in [0.25, 0.3) is 0 Å². The van der Waals surface area contributed by atoms with Crippen LogP contribution in [-0.4, -0.2) is 52.3 Å². The molecule has 0 aromatic heterocycles. The Bertz CT molecular complexity index is 1220. The zero-order chi connectivity index (χ0) is 30.1. The second-order valence-electron chi connectivity index (χ2n) is 14.0. The second-order valence-corrected chi connectivity index (χ2v) is 14.0. The van der Waals surface area contributed by atoms with Crippen molar-refractivity contribution in [1.82, 2.24) is 10.2 Å². The molecular weight excluding hydrogens is 516 g/mol. The molecule has 0 radical (unpaired) electrons. The Hall–Kier alpha value is -2.90. The standard InChI is InChI=1S/C34H48N2O5/c1-33(2,3)24-16-17-26(41-7)23(18-24)20-35-28-27(34(4,5)6)30(32(39)40)36(29(28)21-12-9-8-10-13-21)31(38)22-14-11-15-25(37)19-22/h8-10,12-13,16-18,22,25,27-30,35,37H,11,14-15,19-20H2,1-7H3,(H,39,40)/t22-,25+,27+,28+,29+,30+/m1/s1. The zero-order valence-corrected chi connectivity index (χ0v) is 25.7. The fourth-order valence-electron chi connectivity index (χ4n) is 6.94. The first-order chi connectivity index (χ1) is 19.2.